The minimum absolute atomic E-state index is 0.235. The van der Waals surface area contributed by atoms with Gasteiger partial charge in [0.05, 0.1) is 5.60 Å². The van der Waals surface area contributed by atoms with Gasteiger partial charge in [-0.2, -0.15) is 0 Å². The number of hydrogen-bond acceptors (Lipinski definition) is 3. The lowest BCUT2D eigenvalue weighted by Gasteiger charge is -2.41. The van der Waals surface area contributed by atoms with Crippen LogP contribution in [-0.2, 0) is 15.1 Å². The highest BCUT2D eigenvalue weighted by molar-refractivity contribution is 5.68. The monoisotopic (exact) mass is 305 g/mol. The molecule has 0 saturated carbocycles. The van der Waals surface area contributed by atoms with E-state index in [1.807, 2.05) is 20.8 Å². The van der Waals surface area contributed by atoms with Gasteiger partial charge in [-0.1, -0.05) is 29.8 Å². The first-order chi connectivity index (χ1) is 10.3. The fraction of sp³-hybridized carbons (Fsp3) is 0.611. The van der Waals surface area contributed by atoms with Crippen molar-refractivity contribution in [3.05, 3.63) is 35.4 Å². The summed E-state index contributed by atoms with van der Waals surface area (Å²) in [5, 5.41) is 0. The van der Waals surface area contributed by atoms with Gasteiger partial charge in [-0.05, 0) is 46.1 Å². The van der Waals surface area contributed by atoms with Crippen LogP contribution in [0.2, 0.25) is 0 Å². The second-order valence-corrected chi connectivity index (χ2v) is 7.03. The van der Waals surface area contributed by atoms with Crippen molar-refractivity contribution < 1.29 is 14.3 Å². The standard InChI is InChI=1S/C18H27NO3/c1-14-6-8-15(9-7-14)18(21-5)10-12-19(13-11-18)16(20)22-17(2,3)4/h6-9H,10-13H2,1-5H3. The molecule has 0 spiro atoms. The Bertz CT molecular complexity index is 508. The number of rotatable bonds is 2. The number of methoxy groups -OCH3 is 1. The first kappa shape index (κ1) is 16.8. The van der Waals surface area contributed by atoms with Crippen LogP contribution < -0.4 is 0 Å². The van der Waals surface area contributed by atoms with Gasteiger partial charge in [0, 0.05) is 20.2 Å². The Morgan fingerprint density at radius 2 is 1.68 bits per heavy atom. The number of hydrogen-bond donors (Lipinski definition) is 0. The predicted molar refractivity (Wildman–Crippen MR) is 86.9 cm³/mol. The maximum Gasteiger partial charge on any atom is 0.410 e. The van der Waals surface area contributed by atoms with Crippen LogP contribution >= 0.6 is 0 Å². The summed E-state index contributed by atoms with van der Waals surface area (Å²) in [6.45, 7) is 9.05. The fourth-order valence-electron chi connectivity index (χ4n) is 2.84. The number of carbonyl (C=O) groups is 1. The summed E-state index contributed by atoms with van der Waals surface area (Å²) in [6, 6.07) is 8.47. The Kier molecular flexibility index (Phi) is 4.81. The molecule has 1 amide bonds. The van der Waals surface area contributed by atoms with E-state index in [-0.39, 0.29) is 11.7 Å². The van der Waals surface area contributed by atoms with Crippen LogP contribution in [0.15, 0.2) is 24.3 Å². The molecule has 0 N–H and O–H groups in total. The van der Waals surface area contributed by atoms with Crippen molar-refractivity contribution >= 4 is 6.09 Å². The zero-order valence-electron chi connectivity index (χ0n) is 14.3. The van der Waals surface area contributed by atoms with Gasteiger partial charge in [0.15, 0.2) is 0 Å². The molecule has 0 unspecified atom stereocenters. The van der Waals surface area contributed by atoms with Crippen LogP contribution in [0.1, 0.15) is 44.7 Å². The van der Waals surface area contributed by atoms with Crippen molar-refractivity contribution in [2.24, 2.45) is 0 Å². The summed E-state index contributed by atoms with van der Waals surface area (Å²) in [6.07, 6.45) is 1.33. The Balaban J connectivity index is 2.05. The van der Waals surface area contributed by atoms with E-state index in [1.165, 1.54) is 11.1 Å². The largest absolute Gasteiger partial charge is 0.444 e. The van der Waals surface area contributed by atoms with Crippen LogP contribution in [0, 0.1) is 6.92 Å². The topological polar surface area (TPSA) is 38.8 Å². The quantitative estimate of drug-likeness (QED) is 0.832. The van der Waals surface area contributed by atoms with Crippen molar-refractivity contribution in [1.29, 1.82) is 0 Å². The molecule has 0 aliphatic carbocycles. The lowest BCUT2D eigenvalue weighted by molar-refractivity contribution is -0.0650. The highest BCUT2D eigenvalue weighted by atomic mass is 16.6. The first-order valence-electron chi connectivity index (χ1n) is 7.86. The van der Waals surface area contributed by atoms with Gasteiger partial charge in [0.1, 0.15) is 5.60 Å². The maximum absolute atomic E-state index is 12.2. The van der Waals surface area contributed by atoms with Crippen molar-refractivity contribution in [2.75, 3.05) is 20.2 Å². The number of aryl methyl sites for hydroxylation is 1. The molecule has 4 nitrogen and oxygen atoms in total. The van der Waals surface area contributed by atoms with E-state index in [0.717, 1.165) is 12.8 Å². The zero-order valence-corrected chi connectivity index (χ0v) is 14.3. The van der Waals surface area contributed by atoms with Crippen LogP contribution in [-0.4, -0.2) is 36.8 Å². The third kappa shape index (κ3) is 3.80. The molecule has 1 saturated heterocycles. The van der Waals surface area contributed by atoms with Crippen molar-refractivity contribution in [3.63, 3.8) is 0 Å². The average molecular weight is 305 g/mol. The minimum atomic E-state index is -0.455. The Morgan fingerprint density at radius 1 is 1.14 bits per heavy atom. The van der Waals surface area contributed by atoms with Gasteiger partial charge in [0.25, 0.3) is 0 Å². The van der Waals surface area contributed by atoms with E-state index in [9.17, 15) is 4.79 Å². The second kappa shape index (κ2) is 6.29. The van der Waals surface area contributed by atoms with Gasteiger partial charge in [0.2, 0.25) is 0 Å². The predicted octanol–water partition coefficient (Wildman–Crippen LogP) is 3.87. The highest BCUT2D eigenvalue weighted by Crippen LogP contribution is 2.36. The van der Waals surface area contributed by atoms with E-state index < -0.39 is 5.60 Å². The molecule has 1 fully saturated rings. The summed E-state index contributed by atoms with van der Waals surface area (Å²) in [7, 11) is 1.75. The molecular weight excluding hydrogens is 278 g/mol. The van der Waals surface area contributed by atoms with E-state index in [2.05, 4.69) is 31.2 Å². The molecule has 1 aliphatic heterocycles. The van der Waals surface area contributed by atoms with E-state index in [4.69, 9.17) is 9.47 Å². The molecule has 122 valence electrons. The molecule has 22 heavy (non-hydrogen) atoms. The average Bonchev–Trinajstić information content (AvgIpc) is 2.46. The van der Waals surface area contributed by atoms with Gasteiger partial charge in [-0.15, -0.1) is 0 Å². The van der Waals surface area contributed by atoms with E-state index in [0.29, 0.717) is 13.1 Å². The molecule has 0 aromatic heterocycles. The lowest BCUT2D eigenvalue weighted by atomic mass is 9.84. The molecule has 1 aliphatic rings. The Labute approximate surface area is 133 Å². The Hall–Kier alpha value is -1.55. The van der Waals surface area contributed by atoms with Crippen LogP contribution in [0.5, 0.6) is 0 Å². The number of piperidine rings is 1. The van der Waals surface area contributed by atoms with E-state index >= 15 is 0 Å². The number of amides is 1. The number of benzene rings is 1. The summed E-state index contributed by atoms with van der Waals surface area (Å²) < 4.78 is 11.3. The molecule has 0 atom stereocenters. The van der Waals surface area contributed by atoms with Crippen molar-refractivity contribution in [1.82, 2.24) is 4.90 Å². The zero-order chi connectivity index (χ0) is 16.4. The van der Waals surface area contributed by atoms with Crippen molar-refractivity contribution in [2.45, 2.75) is 51.7 Å². The summed E-state index contributed by atoms with van der Waals surface area (Å²) in [4.78, 5) is 13.9. The van der Waals surface area contributed by atoms with Gasteiger partial charge < -0.3 is 14.4 Å². The Morgan fingerprint density at radius 3 is 2.14 bits per heavy atom. The minimum Gasteiger partial charge on any atom is -0.444 e. The van der Waals surface area contributed by atoms with E-state index in [1.54, 1.807) is 12.0 Å². The summed E-state index contributed by atoms with van der Waals surface area (Å²) in [5.74, 6) is 0. The molecule has 1 aromatic carbocycles. The first-order valence-corrected chi connectivity index (χ1v) is 7.86. The third-order valence-electron chi connectivity index (χ3n) is 4.19. The highest BCUT2D eigenvalue weighted by Gasteiger charge is 2.38. The molecule has 1 aromatic rings. The smallest absolute Gasteiger partial charge is 0.410 e. The molecule has 0 radical (unpaired) electrons. The third-order valence-corrected chi connectivity index (χ3v) is 4.19. The van der Waals surface area contributed by atoms with Crippen molar-refractivity contribution in [3.8, 4) is 0 Å². The number of carbonyl (C=O) groups excluding carboxylic acids is 1. The maximum atomic E-state index is 12.2. The van der Waals surface area contributed by atoms with Crippen LogP contribution in [0.4, 0.5) is 4.79 Å². The van der Waals surface area contributed by atoms with Crippen LogP contribution in [0.3, 0.4) is 0 Å². The molecular formula is C18H27NO3. The summed E-state index contributed by atoms with van der Waals surface area (Å²) >= 11 is 0. The summed E-state index contributed by atoms with van der Waals surface area (Å²) in [5.41, 5.74) is 1.67. The SMILES string of the molecule is COC1(c2ccc(C)cc2)CCN(C(=O)OC(C)(C)C)CC1. The van der Waals surface area contributed by atoms with Gasteiger partial charge >= 0.3 is 6.09 Å². The van der Waals surface area contributed by atoms with Gasteiger partial charge in [-0.25, -0.2) is 4.79 Å². The van der Waals surface area contributed by atoms with Gasteiger partial charge in [-0.3, -0.25) is 0 Å². The molecule has 2 rings (SSSR count). The number of nitrogens with zero attached hydrogens (tertiary/aromatic N) is 1. The van der Waals surface area contributed by atoms with Crippen LogP contribution in [0.25, 0.3) is 0 Å². The fourth-order valence-corrected chi connectivity index (χ4v) is 2.84. The molecule has 4 heteroatoms. The lowest BCUT2D eigenvalue weighted by Crippen LogP contribution is -2.47. The number of likely N-dealkylation sites (tertiary alicyclic amines) is 1. The number of ether oxygens (including phenoxy) is 2. The molecule has 1 heterocycles. The second-order valence-electron chi connectivity index (χ2n) is 7.03. The normalized spacial score (nSPS) is 18.1. The molecule has 0 bridgehead atoms.